The zero-order chi connectivity index (χ0) is 16.0. The summed E-state index contributed by atoms with van der Waals surface area (Å²) in [5, 5.41) is 9.05. The van der Waals surface area contributed by atoms with E-state index in [0.29, 0.717) is 0 Å². The van der Waals surface area contributed by atoms with Gasteiger partial charge in [0.25, 0.3) is 5.91 Å². The number of nitrogens with zero attached hydrogens (tertiary/aromatic N) is 3. The lowest BCUT2D eigenvalue weighted by Crippen LogP contribution is -2.57. The molecule has 3 rings (SSSR count). The van der Waals surface area contributed by atoms with Crippen LogP contribution in [0.15, 0.2) is 0 Å². The van der Waals surface area contributed by atoms with Crippen molar-refractivity contribution in [2.45, 2.75) is 6.04 Å². The number of carbonyl (C=O) groups is 2. The molecule has 1 aromatic heterocycles. The van der Waals surface area contributed by atoms with Crippen LogP contribution in [0.5, 0.6) is 5.75 Å². The van der Waals surface area contributed by atoms with Crippen LogP contribution in [-0.4, -0.2) is 64.2 Å². The predicted octanol–water partition coefficient (Wildman–Crippen LogP) is 1.17. The lowest BCUT2D eigenvalue weighted by Gasteiger charge is -2.38. The van der Waals surface area contributed by atoms with Gasteiger partial charge in [0.05, 0.1) is 6.04 Å². The molecule has 1 aromatic rings. The number of hydrogen-bond donors (Lipinski definition) is 2. The molecule has 118 valence electrons. The minimum Gasteiger partial charge on any atom is -0.489 e. The van der Waals surface area contributed by atoms with Gasteiger partial charge in [-0.25, -0.2) is 9.78 Å². The Morgan fingerprint density at radius 1 is 1.41 bits per heavy atom. The van der Waals surface area contributed by atoms with Crippen LogP contribution in [0.25, 0.3) is 0 Å². The predicted molar refractivity (Wildman–Crippen MR) is 78.6 cm³/mol. The van der Waals surface area contributed by atoms with Gasteiger partial charge in [-0.3, -0.25) is 4.79 Å². The molecule has 1 fully saturated rings. The average Bonchev–Trinajstić information content (AvgIpc) is 2.62. The summed E-state index contributed by atoms with van der Waals surface area (Å²) in [7, 11) is 0. The largest absolute Gasteiger partial charge is 0.489 e. The lowest BCUT2D eigenvalue weighted by atomic mass is 10.1. The van der Waals surface area contributed by atoms with Gasteiger partial charge >= 0.3 is 6.09 Å². The monoisotopic (exact) mass is 346 g/mol. The number of anilines is 1. The van der Waals surface area contributed by atoms with Crippen LogP contribution >= 0.6 is 23.2 Å². The highest BCUT2D eigenvalue weighted by Gasteiger charge is 2.39. The molecule has 2 amide bonds. The molecule has 3 N–H and O–H groups in total. The van der Waals surface area contributed by atoms with E-state index in [1.165, 1.54) is 9.80 Å². The van der Waals surface area contributed by atoms with Crippen LogP contribution in [0.3, 0.4) is 0 Å². The molecule has 10 heteroatoms. The molecule has 0 radical (unpaired) electrons. The lowest BCUT2D eigenvalue weighted by molar-refractivity contribution is 0.0390. The molecule has 8 nitrogen and oxygen atoms in total. The first-order valence-electron chi connectivity index (χ1n) is 6.46. The van der Waals surface area contributed by atoms with Gasteiger partial charge in [0.2, 0.25) is 0 Å². The van der Waals surface area contributed by atoms with E-state index in [1.54, 1.807) is 0 Å². The number of amides is 2. The summed E-state index contributed by atoms with van der Waals surface area (Å²) >= 11 is 11.9. The number of rotatable bonds is 0. The molecule has 0 aromatic carbocycles. The summed E-state index contributed by atoms with van der Waals surface area (Å²) in [6, 6.07) is -0.418. The third-order valence-electron chi connectivity index (χ3n) is 3.73. The van der Waals surface area contributed by atoms with E-state index < -0.39 is 12.1 Å². The van der Waals surface area contributed by atoms with Gasteiger partial charge in [0, 0.05) is 19.6 Å². The highest BCUT2D eigenvalue weighted by Crippen LogP contribution is 2.39. The van der Waals surface area contributed by atoms with Gasteiger partial charge < -0.3 is 25.4 Å². The van der Waals surface area contributed by atoms with E-state index in [4.69, 9.17) is 38.8 Å². The first kappa shape index (κ1) is 15.0. The number of halogens is 2. The molecular weight excluding hydrogens is 335 g/mol. The number of pyridine rings is 1. The molecule has 1 atom stereocenters. The van der Waals surface area contributed by atoms with E-state index in [0.717, 1.165) is 0 Å². The first-order chi connectivity index (χ1) is 10.4. The standard InChI is InChI=1S/C12H12Cl2N4O4/c13-7-8-6(10(15)16-9(7)14)11(19)18-2-1-17(12(20)21)3-5(18)4-22-8/h5H,1-4H2,(H2,15,16)(H,20,21)/t5-/m1/s1. The van der Waals surface area contributed by atoms with Crippen LogP contribution in [0.2, 0.25) is 10.2 Å². The Balaban J connectivity index is 2.00. The van der Waals surface area contributed by atoms with Crippen molar-refractivity contribution in [3.05, 3.63) is 15.7 Å². The summed E-state index contributed by atoms with van der Waals surface area (Å²) in [6.07, 6.45) is -1.03. The summed E-state index contributed by atoms with van der Waals surface area (Å²) in [4.78, 5) is 30.4. The maximum atomic E-state index is 12.7. The Morgan fingerprint density at radius 2 is 2.14 bits per heavy atom. The summed E-state index contributed by atoms with van der Waals surface area (Å²) in [5.74, 6) is -0.345. The van der Waals surface area contributed by atoms with Crippen LogP contribution in [-0.2, 0) is 0 Å². The van der Waals surface area contributed by atoms with Gasteiger partial charge in [-0.2, -0.15) is 0 Å². The number of aromatic nitrogens is 1. The highest BCUT2D eigenvalue weighted by molar-refractivity contribution is 6.42. The van der Waals surface area contributed by atoms with Crippen molar-refractivity contribution in [2.24, 2.45) is 0 Å². The molecule has 0 bridgehead atoms. The van der Waals surface area contributed by atoms with Crippen molar-refractivity contribution in [2.75, 3.05) is 32.0 Å². The SMILES string of the molecule is Nc1nc(Cl)c(Cl)c2c1C(=O)N1CCN(C(=O)O)C[C@@H]1CO2. The summed E-state index contributed by atoms with van der Waals surface area (Å²) in [5.41, 5.74) is 5.85. The summed E-state index contributed by atoms with van der Waals surface area (Å²) < 4.78 is 5.59. The molecule has 1 saturated heterocycles. The Morgan fingerprint density at radius 3 is 2.82 bits per heavy atom. The number of hydrogen-bond acceptors (Lipinski definition) is 5. The molecular formula is C12H12Cl2N4O4. The fourth-order valence-electron chi connectivity index (χ4n) is 2.63. The van der Waals surface area contributed by atoms with E-state index in [9.17, 15) is 9.59 Å². The maximum absolute atomic E-state index is 12.7. The fourth-order valence-corrected chi connectivity index (χ4v) is 3.00. The van der Waals surface area contributed by atoms with E-state index in [-0.39, 0.29) is 59.5 Å². The van der Waals surface area contributed by atoms with Crippen LogP contribution in [0.1, 0.15) is 10.4 Å². The molecule has 3 heterocycles. The van der Waals surface area contributed by atoms with Crippen LogP contribution < -0.4 is 10.5 Å². The van der Waals surface area contributed by atoms with Gasteiger partial charge in [-0.1, -0.05) is 23.2 Å². The number of carbonyl (C=O) groups excluding carboxylic acids is 1. The molecule has 0 saturated carbocycles. The third-order valence-corrected chi connectivity index (χ3v) is 4.45. The number of nitrogens with two attached hydrogens (primary N) is 1. The van der Waals surface area contributed by atoms with Gasteiger partial charge in [0.15, 0.2) is 10.9 Å². The van der Waals surface area contributed by atoms with Crippen molar-refractivity contribution in [3.63, 3.8) is 0 Å². The number of nitrogen functional groups attached to an aromatic ring is 1. The van der Waals surface area contributed by atoms with Crippen molar-refractivity contribution < 1.29 is 19.4 Å². The second-order valence-electron chi connectivity index (χ2n) is 5.00. The van der Waals surface area contributed by atoms with Crippen molar-refractivity contribution >= 4 is 41.0 Å². The quantitative estimate of drug-likeness (QED) is 0.682. The van der Waals surface area contributed by atoms with Crippen LogP contribution in [0.4, 0.5) is 10.6 Å². The Labute approximate surface area is 135 Å². The molecule has 0 spiro atoms. The number of fused-ring (bicyclic) bond motifs is 2. The average molecular weight is 347 g/mol. The molecule has 22 heavy (non-hydrogen) atoms. The zero-order valence-corrected chi connectivity index (χ0v) is 12.8. The molecule has 0 unspecified atom stereocenters. The Bertz CT molecular complexity index is 669. The normalized spacial score (nSPS) is 20.8. The van der Waals surface area contributed by atoms with Crippen molar-refractivity contribution in [1.82, 2.24) is 14.8 Å². The smallest absolute Gasteiger partial charge is 0.407 e. The Kier molecular flexibility index (Phi) is 3.65. The second-order valence-corrected chi connectivity index (χ2v) is 5.73. The molecule has 2 aliphatic heterocycles. The maximum Gasteiger partial charge on any atom is 0.407 e. The first-order valence-corrected chi connectivity index (χ1v) is 7.22. The second kappa shape index (κ2) is 5.36. The zero-order valence-electron chi connectivity index (χ0n) is 11.3. The number of piperazine rings is 1. The topological polar surface area (TPSA) is 109 Å². The van der Waals surface area contributed by atoms with E-state index >= 15 is 0 Å². The molecule has 0 aliphatic carbocycles. The minimum absolute atomic E-state index is 0.0224. The number of ether oxygens (including phenoxy) is 1. The van der Waals surface area contributed by atoms with Crippen molar-refractivity contribution in [3.8, 4) is 5.75 Å². The highest BCUT2D eigenvalue weighted by atomic mass is 35.5. The molecule has 2 aliphatic rings. The van der Waals surface area contributed by atoms with Crippen molar-refractivity contribution in [1.29, 1.82) is 0 Å². The van der Waals surface area contributed by atoms with E-state index in [1.807, 2.05) is 0 Å². The third kappa shape index (κ3) is 2.28. The fraction of sp³-hybridized carbons (Fsp3) is 0.417. The van der Waals surface area contributed by atoms with Gasteiger partial charge in [0.1, 0.15) is 23.0 Å². The van der Waals surface area contributed by atoms with Crippen LogP contribution in [0, 0.1) is 0 Å². The van der Waals surface area contributed by atoms with Gasteiger partial charge in [-0.05, 0) is 0 Å². The number of carboxylic acid groups (broad SMARTS) is 1. The summed E-state index contributed by atoms with van der Waals surface area (Å²) in [6.45, 7) is 0.732. The van der Waals surface area contributed by atoms with Gasteiger partial charge in [-0.15, -0.1) is 0 Å². The Hall–Kier alpha value is -1.93. The minimum atomic E-state index is -1.03. The van der Waals surface area contributed by atoms with E-state index in [2.05, 4.69) is 4.98 Å².